The molecule has 29 heavy (non-hydrogen) atoms. The van der Waals surface area contributed by atoms with Gasteiger partial charge in [-0.15, -0.1) is 0 Å². The molecule has 1 aliphatic heterocycles. The second-order valence-electron chi connectivity index (χ2n) is 7.54. The fourth-order valence-corrected chi connectivity index (χ4v) is 5.81. The summed E-state index contributed by atoms with van der Waals surface area (Å²) in [7, 11) is -0.577. The average molecular weight is 460 g/mol. The Morgan fingerprint density at radius 3 is 2.41 bits per heavy atom. The molecular weight excluding hydrogens is 436 g/mol. The Kier molecular flexibility index (Phi) is 6.71. The van der Waals surface area contributed by atoms with Gasteiger partial charge in [-0.25, -0.2) is 0 Å². The van der Waals surface area contributed by atoms with Crippen molar-refractivity contribution in [3.63, 3.8) is 0 Å². The van der Waals surface area contributed by atoms with E-state index >= 15 is 0 Å². The number of hydrogen-bond donors (Lipinski definition) is 1. The first-order valence-electron chi connectivity index (χ1n) is 9.00. The standard InChI is InChI=1S/C20H24Cl2NO5P/c1-20(2)11-27-29(24,28-12-20)19(23-14-6-5-7-15(10-14)25-3)16-8-13(21)9-17(22)18(16)26-4/h5-10,19,23H,11-12H2,1-4H3. The van der Waals surface area contributed by atoms with Crippen LogP contribution >= 0.6 is 30.8 Å². The number of rotatable bonds is 6. The molecule has 0 radical (unpaired) electrons. The molecule has 3 rings (SSSR count). The van der Waals surface area contributed by atoms with E-state index in [1.807, 2.05) is 32.0 Å². The van der Waals surface area contributed by atoms with Gasteiger partial charge in [0, 0.05) is 27.8 Å². The summed E-state index contributed by atoms with van der Waals surface area (Å²) < 4.78 is 36.2. The highest BCUT2D eigenvalue weighted by molar-refractivity contribution is 7.54. The van der Waals surface area contributed by atoms with Gasteiger partial charge in [0.1, 0.15) is 11.5 Å². The first-order chi connectivity index (χ1) is 13.7. The smallest absolute Gasteiger partial charge is 0.357 e. The zero-order valence-corrected chi connectivity index (χ0v) is 19.1. The highest BCUT2D eigenvalue weighted by Gasteiger charge is 2.45. The minimum atomic E-state index is -3.64. The van der Waals surface area contributed by atoms with Crippen molar-refractivity contribution in [3.8, 4) is 11.5 Å². The van der Waals surface area contributed by atoms with Crippen molar-refractivity contribution in [3.05, 3.63) is 52.0 Å². The summed E-state index contributed by atoms with van der Waals surface area (Å²) in [5.41, 5.74) is 0.903. The van der Waals surface area contributed by atoms with Crippen LogP contribution in [0.25, 0.3) is 0 Å². The number of nitrogens with one attached hydrogen (secondary N) is 1. The molecule has 1 unspecified atom stereocenters. The molecule has 6 nitrogen and oxygen atoms in total. The monoisotopic (exact) mass is 459 g/mol. The lowest BCUT2D eigenvalue weighted by atomic mass is 9.97. The van der Waals surface area contributed by atoms with Gasteiger partial charge in [-0.2, -0.15) is 0 Å². The highest BCUT2D eigenvalue weighted by Crippen LogP contribution is 2.65. The predicted molar refractivity (Wildman–Crippen MR) is 116 cm³/mol. The summed E-state index contributed by atoms with van der Waals surface area (Å²) in [6.07, 6.45) is 0. The third-order valence-electron chi connectivity index (χ3n) is 4.50. The second kappa shape index (κ2) is 8.75. The highest BCUT2D eigenvalue weighted by atomic mass is 35.5. The van der Waals surface area contributed by atoms with Gasteiger partial charge in [-0.05, 0) is 24.3 Å². The normalized spacial score (nSPS) is 18.7. The quantitative estimate of drug-likeness (QED) is 0.504. The van der Waals surface area contributed by atoms with Crippen molar-refractivity contribution >= 4 is 36.5 Å². The van der Waals surface area contributed by atoms with Crippen LogP contribution < -0.4 is 14.8 Å². The molecule has 2 aromatic rings. The van der Waals surface area contributed by atoms with E-state index in [0.717, 1.165) is 0 Å². The number of hydrogen-bond acceptors (Lipinski definition) is 6. The summed E-state index contributed by atoms with van der Waals surface area (Å²) in [6, 6.07) is 10.5. The molecule has 0 aliphatic carbocycles. The maximum absolute atomic E-state index is 13.8. The zero-order valence-electron chi connectivity index (χ0n) is 16.7. The molecule has 0 amide bonds. The van der Waals surface area contributed by atoms with Crippen LogP contribution in [0, 0.1) is 5.41 Å². The topological polar surface area (TPSA) is 66.0 Å². The minimum absolute atomic E-state index is 0.246. The van der Waals surface area contributed by atoms with Gasteiger partial charge in [0.2, 0.25) is 0 Å². The minimum Gasteiger partial charge on any atom is -0.497 e. The van der Waals surface area contributed by atoms with E-state index in [-0.39, 0.29) is 18.6 Å². The van der Waals surface area contributed by atoms with Crippen LogP contribution in [0.3, 0.4) is 0 Å². The van der Waals surface area contributed by atoms with E-state index < -0.39 is 13.4 Å². The van der Waals surface area contributed by atoms with Crippen molar-refractivity contribution in [1.29, 1.82) is 0 Å². The molecule has 158 valence electrons. The molecular formula is C20H24Cl2NO5P. The molecule has 1 N–H and O–H groups in total. The van der Waals surface area contributed by atoms with Gasteiger partial charge >= 0.3 is 7.60 Å². The first-order valence-corrected chi connectivity index (χ1v) is 11.4. The molecule has 0 saturated carbocycles. The largest absolute Gasteiger partial charge is 0.497 e. The van der Waals surface area contributed by atoms with E-state index in [2.05, 4.69) is 5.32 Å². The third-order valence-corrected chi connectivity index (χ3v) is 7.01. The van der Waals surface area contributed by atoms with Gasteiger partial charge in [0.15, 0.2) is 5.78 Å². The molecule has 1 saturated heterocycles. The van der Waals surface area contributed by atoms with Crippen LogP contribution in [0.4, 0.5) is 5.69 Å². The number of methoxy groups -OCH3 is 2. The Labute approximate surface area is 180 Å². The molecule has 0 bridgehead atoms. The number of ether oxygens (including phenoxy) is 2. The van der Waals surface area contributed by atoms with Gasteiger partial charge in [-0.1, -0.05) is 43.1 Å². The van der Waals surface area contributed by atoms with Crippen molar-refractivity contribution < 1.29 is 23.1 Å². The van der Waals surface area contributed by atoms with Crippen LogP contribution in [0.15, 0.2) is 36.4 Å². The number of anilines is 1. The lowest BCUT2D eigenvalue weighted by Gasteiger charge is -2.38. The molecule has 0 spiro atoms. The van der Waals surface area contributed by atoms with Gasteiger partial charge < -0.3 is 23.8 Å². The lowest BCUT2D eigenvalue weighted by molar-refractivity contribution is 0.0387. The maximum atomic E-state index is 13.8. The molecule has 9 heteroatoms. The van der Waals surface area contributed by atoms with Gasteiger partial charge in [-0.3, -0.25) is 4.57 Å². The van der Waals surface area contributed by atoms with E-state index in [0.29, 0.717) is 32.8 Å². The van der Waals surface area contributed by atoms with E-state index in [1.165, 1.54) is 7.11 Å². The third kappa shape index (κ3) is 5.01. The summed E-state index contributed by atoms with van der Waals surface area (Å²) >= 11 is 12.6. The SMILES string of the molecule is COc1cccc(NC(c2cc(Cl)cc(Cl)c2OC)P2(=O)OCC(C)(C)CO2)c1. The first kappa shape index (κ1) is 22.3. The predicted octanol–water partition coefficient (Wildman–Crippen LogP) is 6.39. The molecule has 0 aromatic heterocycles. The van der Waals surface area contributed by atoms with Crippen LogP contribution in [0.5, 0.6) is 11.5 Å². The maximum Gasteiger partial charge on any atom is 0.357 e. The Morgan fingerprint density at radius 1 is 1.10 bits per heavy atom. The van der Waals surface area contributed by atoms with Crippen LogP contribution in [-0.4, -0.2) is 27.4 Å². The van der Waals surface area contributed by atoms with Crippen molar-refractivity contribution in [1.82, 2.24) is 0 Å². The van der Waals surface area contributed by atoms with E-state index in [4.69, 9.17) is 41.7 Å². The van der Waals surface area contributed by atoms with E-state index in [1.54, 1.807) is 25.3 Å². The summed E-state index contributed by atoms with van der Waals surface area (Å²) in [5, 5.41) is 3.93. The Balaban J connectivity index is 2.08. The Morgan fingerprint density at radius 2 is 1.79 bits per heavy atom. The van der Waals surface area contributed by atoms with Gasteiger partial charge in [0.25, 0.3) is 0 Å². The molecule has 1 atom stereocenters. The molecule has 1 heterocycles. The number of halogens is 2. The number of benzene rings is 2. The fraction of sp³-hybridized carbons (Fsp3) is 0.400. The molecule has 1 aliphatic rings. The summed E-state index contributed by atoms with van der Waals surface area (Å²) in [5.74, 6) is 0.107. The van der Waals surface area contributed by atoms with Gasteiger partial charge in [0.05, 0.1) is 32.5 Å². The Hall–Kier alpha value is -1.43. The van der Waals surface area contributed by atoms with Crippen molar-refractivity contribution in [2.75, 3.05) is 32.8 Å². The lowest BCUT2D eigenvalue weighted by Crippen LogP contribution is -2.32. The summed E-state index contributed by atoms with van der Waals surface area (Å²) in [4.78, 5) is 0. The van der Waals surface area contributed by atoms with Crippen LogP contribution in [0.2, 0.25) is 10.0 Å². The summed E-state index contributed by atoms with van der Waals surface area (Å²) in [6.45, 7) is 4.55. The van der Waals surface area contributed by atoms with Crippen LogP contribution in [-0.2, 0) is 13.6 Å². The van der Waals surface area contributed by atoms with Crippen molar-refractivity contribution in [2.24, 2.45) is 5.41 Å². The van der Waals surface area contributed by atoms with Crippen LogP contribution in [0.1, 0.15) is 25.2 Å². The second-order valence-corrected chi connectivity index (χ2v) is 10.5. The Bertz CT molecular complexity index is 923. The zero-order chi connectivity index (χ0) is 21.2. The van der Waals surface area contributed by atoms with E-state index in [9.17, 15) is 4.57 Å². The van der Waals surface area contributed by atoms with Crippen molar-refractivity contribution in [2.45, 2.75) is 19.6 Å². The fourth-order valence-electron chi connectivity index (χ4n) is 2.95. The molecule has 2 aromatic carbocycles. The molecule has 1 fully saturated rings. The average Bonchev–Trinajstić information content (AvgIpc) is 2.68.